The molecule has 1 saturated heterocycles. The minimum atomic E-state index is -4.28. The van der Waals surface area contributed by atoms with Crippen molar-refractivity contribution < 1.29 is 13.2 Å². The Kier molecular flexibility index (Phi) is 3.92. The van der Waals surface area contributed by atoms with Crippen molar-refractivity contribution in [3.8, 4) is 0 Å². The summed E-state index contributed by atoms with van der Waals surface area (Å²) in [4.78, 5) is 2.08. The molecule has 18 heavy (non-hydrogen) atoms. The van der Waals surface area contributed by atoms with Gasteiger partial charge in [-0.05, 0) is 18.6 Å². The van der Waals surface area contributed by atoms with E-state index in [1.807, 2.05) is 6.92 Å². The van der Waals surface area contributed by atoms with Crippen LogP contribution in [0.2, 0.25) is 0 Å². The molecule has 0 bridgehead atoms. The van der Waals surface area contributed by atoms with E-state index in [-0.39, 0.29) is 6.04 Å². The van der Waals surface area contributed by atoms with Crippen LogP contribution in [0.1, 0.15) is 24.1 Å². The third-order valence-electron chi connectivity index (χ3n) is 3.42. The minimum absolute atomic E-state index is 0.204. The van der Waals surface area contributed by atoms with E-state index >= 15 is 0 Å². The van der Waals surface area contributed by atoms with E-state index in [9.17, 15) is 13.2 Å². The van der Waals surface area contributed by atoms with E-state index in [0.29, 0.717) is 5.56 Å². The van der Waals surface area contributed by atoms with Crippen LogP contribution >= 0.6 is 0 Å². The molecule has 1 fully saturated rings. The summed E-state index contributed by atoms with van der Waals surface area (Å²) in [6.07, 6.45) is -4.28. The van der Waals surface area contributed by atoms with Crippen LogP contribution in [0, 0.1) is 0 Å². The zero-order chi connectivity index (χ0) is 13.2. The van der Waals surface area contributed by atoms with Crippen molar-refractivity contribution in [3.63, 3.8) is 0 Å². The molecule has 5 heteroatoms. The molecule has 1 aromatic carbocycles. The van der Waals surface area contributed by atoms with E-state index in [2.05, 4.69) is 10.2 Å². The summed E-state index contributed by atoms with van der Waals surface area (Å²) in [5.74, 6) is 0. The van der Waals surface area contributed by atoms with Gasteiger partial charge in [0.1, 0.15) is 0 Å². The van der Waals surface area contributed by atoms with Crippen molar-refractivity contribution in [2.45, 2.75) is 19.1 Å². The predicted octanol–water partition coefficient (Wildman–Crippen LogP) is 2.67. The van der Waals surface area contributed by atoms with E-state index in [4.69, 9.17) is 0 Å². The minimum Gasteiger partial charge on any atom is -0.314 e. The number of hydrogen-bond donors (Lipinski definition) is 1. The van der Waals surface area contributed by atoms with Crippen molar-refractivity contribution in [1.29, 1.82) is 0 Å². The lowest BCUT2D eigenvalue weighted by atomic mass is 9.99. The largest absolute Gasteiger partial charge is 0.416 e. The lowest BCUT2D eigenvalue weighted by molar-refractivity contribution is -0.138. The molecular formula is C13H17F3N2. The number of alkyl halides is 3. The third-order valence-corrected chi connectivity index (χ3v) is 3.42. The van der Waals surface area contributed by atoms with Crippen LogP contribution < -0.4 is 5.32 Å². The highest BCUT2D eigenvalue weighted by Crippen LogP contribution is 2.36. The number of piperazine rings is 1. The zero-order valence-electron chi connectivity index (χ0n) is 10.3. The first-order valence-corrected chi connectivity index (χ1v) is 6.11. The second kappa shape index (κ2) is 5.28. The molecule has 2 rings (SSSR count). The smallest absolute Gasteiger partial charge is 0.314 e. The maximum Gasteiger partial charge on any atom is 0.416 e. The van der Waals surface area contributed by atoms with Gasteiger partial charge in [0.15, 0.2) is 0 Å². The molecule has 1 aliphatic heterocycles. The first kappa shape index (κ1) is 13.4. The zero-order valence-corrected chi connectivity index (χ0v) is 10.3. The van der Waals surface area contributed by atoms with Crippen molar-refractivity contribution in [1.82, 2.24) is 10.2 Å². The Labute approximate surface area is 105 Å². The van der Waals surface area contributed by atoms with Crippen molar-refractivity contribution in [2.75, 3.05) is 26.2 Å². The molecule has 1 heterocycles. The van der Waals surface area contributed by atoms with E-state index in [0.717, 1.165) is 32.2 Å². The van der Waals surface area contributed by atoms with Crippen molar-refractivity contribution in [2.24, 2.45) is 0 Å². The van der Waals surface area contributed by atoms with Crippen LogP contribution in [-0.2, 0) is 6.18 Å². The fourth-order valence-corrected chi connectivity index (χ4v) is 2.39. The van der Waals surface area contributed by atoms with Gasteiger partial charge in [0.2, 0.25) is 0 Å². The number of nitrogens with one attached hydrogen (secondary N) is 1. The Bertz CT molecular complexity index is 397. The topological polar surface area (TPSA) is 15.3 Å². The lowest BCUT2D eigenvalue weighted by Crippen LogP contribution is -2.44. The van der Waals surface area contributed by atoms with Crippen molar-refractivity contribution in [3.05, 3.63) is 35.4 Å². The van der Waals surface area contributed by atoms with Gasteiger partial charge in [0, 0.05) is 32.2 Å². The molecule has 1 aromatic rings. The number of benzene rings is 1. The number of halogens is 3. The van der Waals surface area contributed by atoms with Gasteiger partial charge >= 0.3 is 6.18 Å². The molecule has 0 aliphatic carbocycles. The Hall–Kier alpha value is -1.07. The molecule has 1 N–H and O–H groups in total. The Balaban J connectivity index is 2.26. The van der Waals surface area contributed by atoms with Crippen LogP contribution in [0.25, 0.3) is 0 Å². The maximum atomic E-state index is 12.9. The van der Waals surface area contributed by atoms with Gasteiger partial charge in [0.05, 0.1) is 5.56 Å². The standard InChI is InChI=1S/C13H17F3N2/c1-10(18-8-6-17-7-9-18)11-4-2-3-5-12(11)13(14,15)16/h2-5,10,17H,6-9H2,1H3/t10-/m1/s1. The summed E-state index contributed by atoms with van der Waals surface area (Å²) in [5, 5.41) is 3.20. The first-order chi connectivity index (χ1) is 8.50. The summed E-state index contributed by atoms with van der Waals surface area (Å²) in [5.41, 5.74) is -0.150. The highest BCUT2D eigenvalue weighted by molar-refractivity contribution is 5.32. The van der Waals surface area contributed by atoms with Gasteiger partial charge in [0.25, 0.3) is 0 Å². The van der Waals surface area contributed by atoms with E-state index < -0.39 is 11.7 Å². The molecule has 0 amide bonds. The van der Waals surface area contributed by atoms with Crippen LogP contribution in [0.5, 0.6) is 0 Å². The molecule has 100 valence electrons. The predicted molar refractivity (Wildman–Crippen MR) is 64.3 cm³/mol. The first-order valence-electron chi connectivity index (χ1n) is 6.11. The number of rotatable bonds is 2. The van der Waals surface area contributed by atoms with Gasteiger partial charge in [-0.25, -0.2) is 0 Å². The van der Waals surface area contributed by atoms with Crippen LogP contribution in [-0.4, -0.2) is 31.1 Å². The monoisotopic (exact) mass is 258 g/mol. The highest BCUT2D eigenvalue weighted by Gasteiger charge is 2.35. The molecule has 2 nitrogen and oxygen atoms in total. The van der Waals surface area contributed by atoms with E-state index in [1.165, 1.54) is 6.07 Å². The molecular weight excluding hydrogens is 241 g/mol. The normalized spacial score (nSPS) is 19.8. The van der Waals surface area contributed by atoms with E-state index in [1.54, 1.807) is 12.1 Å². The summed E-state index contributed by atoms with van der Waals surface area (Å²) in [7, 11) is 0. The second-order valence-corrected chi connectivity index (χ2v) is 4.55. The third kappa shape index (κ3) is 2.84. The average Bonchev–Trinajstić information content (AvgIpc) is 2.38. The molecule has 0 radical (unpaired) electrons. The number of nitrogens with zero attached hydrogens (tertiary/aromatic N) is 1. The van der Waals surface area contributed by atoms with Gasteiger partial charge in [-0.3, -0.25) is 4.90 Å². The second-order valence-electron chi connectivity index (χ2n) is 4.55. The molecule has 1 aliphatic rings. The van der Waals surface area contributed by atoms with Gasteiger partial charge < -0.3 is 5.32 Å². The molecule has 0 spiro atoms. The SMILES string of the molecule is C[C@H](c1ccccc1C(F)(F)F)N1CCNCC1. The van der Waals surface area contributed by atoms with Crippen LogP contribution in [0.15, 0.2) is 24.3 Å². The summed E-state index contributed by atoms with van der Waals surface area (Å²) < 4.78 is 38.8. The maximum absolute atomic E-state index is 12.9. The lowest BCUT2D eigenvalue weighted by Gasteiger charge is -2.34. The molecule has 1 atom stereocenters. The summed E-state index contributed by atoms with van der Waals surface area (Å²) in [6, 6.07) is 5.65. The average molecular weight is 258 g/mol. The van der Waals surface area contributed by atoms with Gasteiger partial charge in [-0.15, -0.1) is 0 Å². The van der Waals surface area contributed by atoms with Gasteiger partial charge in [-0.1, -0.05) is 18.2 Å². The fourth-order valence-electron chi connectivity index (χ4n) is 2.39. The number of hydrogen-bond acceptors (Lipinski definition) is 2. The Morgan fingerprint density at radius 2 is 1.78 bits per heavy atom. The van der Waals surface area contributed by atoms with Crippen LogP contribution in [0.4, 0.5) is 13.2 Å². The fraction of sp³-hybridized carbons (Fsp3) is 0.538. The summed E-state index contributed by atoms with van der Waals surface area (Å²) in [6.45, 7) is 5.08. The Morgan fingerprint density at radius 3 is 2.39 bits per heavy atom. The van der Waals surface area contributed by atoms with Gasteiger partial charge in [-0.2, -0.15) is 13.2 Å². The molecule has 0 saturated carbocycles. The van der Waals surface area contributed by atoms with Crippen molar-refractivity contribution >= 4 is 0 Å². The van der Waals surface area contributed by atoms with Crippen LogP contribution in [0.3, 0.4) is 0 Å². The summed E-state index contributed by atoms with van der Waals surface area (Å²) >= 11 is 0. The molecule has 0 aromatic heterocycles. The Morgan fingerprint density at radius 1 is 1.17 bits per heavy atom. The molecule has 0 unspecified atom stereocenters. The highest BCUT2D eigenvalue weighted by atomic mass is 19.4. The quantitative estimate of drug-likeness (QED) is 0.877.